The summed E-state index contributed by atoms with van der Waals surface area (Å²) in [6, 6.07) is 8.51. The highest BCUT2D eigenvalue weighted by atomic mass is 35.5. The largest absolute Gasteiger partial charge is 0.359 e. The van der Waals surface area contributed by atoms with Gasteiger partial charge in [0.2, 0.25) is 5.82 Å². The Hall–Kier alpha value is -2.90. The maximum absolute atomic E-state index is 8.67. The SMILES string of the molecule is N#CC(C#N)=CNc1cc(Cl)ccc1-c1nn[nH]n1. The van der Waals surface area contributed by atoms with E-state index in [2.05, 4.69) is 25.9 Å². The Morgan fingerprint density at radius 3 is 2.79 bits per heavy atom. The summed E-state index contributed by atoms with van der Waals surface area (Å²) in [5, 5.41) is 34.2. The number of aromatic amines is 1. The van der Waals surface area contributed by atoms with Crippen LogP contribution in [0.4, 0.5) is 5.69 Å². The van der Waals surface area contributed by atoms with E-state index in [1.807, 2.05) is 0 Å². The van der Waals surface area contributed by atoms with Gasteiger partial charge in [0.15, 0.2) is 0 Å². The number of nitriles is 2. The third kappa shape index (κ3) is 2.86. The number of benzene rings is 1. The fourth-order valence-corrected chi connectivity index (χ4v) is 1.52. The van der Waals surface area contributed by atoms with Crippen LogP contribution in [-0.2, 0) is 0 Å². The fourth-order valence-electron chi connectivity index (χ4n) is 1.35. The van der Waals surface area contributed by atoms with Gasteiger partial charge in [-0.05, 0) is 23.4 Å². The van der Waals surface area contributed by atoms with Crippen molar-refractivity contribution in [2.45, 2.75) is 0 Å². The summed E-state index contributed by atoms with van der Waals surface area (Å²) >= 11 is 5.91. The average molecular weight is 272 g/mol. The van der Waals surface area contributed by atoms with Gasteiger partial charge in [-0.25, -0.2) is 0 Å². The van der Waals surface area contributed by atoms with Crippen LogP contribution in [0.25, 0.3) is 11.4 Å². The van der Waals surface area contributed by atoms with Gasteiger partial charge in [-0.1, -0.05) is 11.6 Å². The molecule has 19 heavy (non-hydrogen) atoms. The van der Waals surface area contributed by atoms with Crippen LogP contribution >= 0.6 is 11.6 Å². The Bertz CT molecular complexity index is 675. The zero-order valence-corrected chi connectivity index (χ0v) is 10.2. The summed E-state index contributed by atoms with van der Waals surface area (Å²) < 4.78 is 0. The van der Waals surface area contributed by atoms with E-state index in [0.29, 0.717) is 22.1 Å². The van der Waals surface area contributed by atoms with Crippen molar-refractivity contribution in [1.82, 2.24) is 20.6 Å². The quantitative estimate of drug-likeness (QED) is 0.824. The Kier molecular flexibility index (Phi) is 3.72. The first-order valence-electron chi connectivity index (χ1n) is 5.05. The van der Waals surface area contributed by atoms with Crippen LogP contribution in [0.2, 0.25) is 5.02 Å². The minimum atomic E-state index is -0.0564. The van der Waals surface area contributed by atoms with Crippen LogP contribution in [0, 0.1) is 22.7 Å². The number of anilines is 1. The molecule has 2 N–H and O–H groups in total. The average Bonchev–Trinajstić information content (AvgIpc) is 2.94. The molecule has 0 saturated heterocycles. The van der Waals surface area contributed by atoms with Crippen molar-refractivity contribution in [1.29, 1.82) is 10.5 Å². The van der Waals surface area contributed by atoms with E-state index in [9.17, 15) is 0 Å². The summed E-state index contributed by atoms with van der Waals surface area (Å²) in [7, 11) is 0. The molecule has 92 valence electrons. The van der Waals surface area contributed by atoms with E-state index in [0.717, 1.165) is 0 Å². The van der Waals surface area contributed by atoms with E-state index < -0.39 is 0 Å². The molecule has 0 aliphatic heterocycles. The molecule has 0 atom stereocenters. The molecule has 0 aliphatic carbocycles. The Morgan fingerprint density at radius 2 is 2.16 bits per heavy atom. The van der Waals surface area contributed by atoms with Gasteiger partial charge < -0.3 is 5.32 Å². The first kappa shape index (κ1) is 12.6. The second-order valence-corrected chi connectivity index (χ2v) is 3.79. The van der Waals surface area contributed by atoms with Gasteiger partial charge in [0.05, 0.1) is 5.69 Å². The number of rotatable bonds is 3. The summed E-state index contributed by atoms with van der Waals surface area (Å²) in [5.41, 5.74) is 1.15. The van der Waals surface area contributed by atoms with Gasteiger partial charge in [0.1, 0.15) is 17.7 Å². The second kappa shape index (κ2) is 5.63. The van der Waals surface area contributed by atoms with Crippen molar-refractivity contribution in [3.63, 3.8) is 0 Å². The third-order valence-electron chi connectivity index (χ3n) is 2.18. The molecule has 2 rings (SSSR count). The first-order chi connectivity index (χ1) is 9.24. The molecule has 0 fully saturated rings. The molecule has 0 saturated carbocycles. The van der Waals surface area contributed by atoms with Gasteiger partial charge >= 0.3 is 0 Å². The van der Waals surface area contributed by atoms with Crippen LogP contribution in [0.1, 0.15) is 0 Å². The van der Waals surface area contributed by atoms with Crippen LogP contribution in [0.15, 0.2) is 30.0 Å². The van der Waals surface area contributed by atoms with Crippen molar-refractivity contribution < 1.29 is 0 Å². The minimum absolute atomic E-state index is 0.0564. The number of tetrazole rings is 1. The molecule has 2 aromatic rings. The molecular formula is C11H6ClN7. The van der Waals surface area contributed by atoms with Crippen molar-refractivity contribution in [2.24, 2.45) is 0 Å². The topological polar surface area (TPSA) is 114 Å². The van der Waals surface area contributed by atoms with Crippen LogP contribution in [-0.4, -0.2) is 20.6 Å². The van der Waals surface area contributed by atoms with Crippen molar-refractivity contribution >= 4 is 17.3 Å². The van der Waals surface area contributed by atoms with Gasteiger partial charge in [0, 0.05) is 16.8 Å². The van der Waals surface area contributed by atoms with Gasteiger partial charge in [-0.2, -0.15) is 15.7 Å². The Labute approximate surface area is 113 Å². The lowest BCUT2D eigenvalue weighted by molar-refractivity contribution is 0.881. The number of halogens is 1. The molecule has 7 nitrogen and oxygen atoms in total. The smallest absolute Gasteiger partial charge is 0.206 e. The third-order valence-corrected chi connectivity index (χ3v) is 2.42. The molecule has 1 heterocycles. The van der Waals surface area contributed by atoms with Crippen molar-refractivity contribution in [3.05, 3.63) is 35.0 Å². The molecular weight excluding hydrogens is 266 g/mol. The molecule has 0 unspecified atom stereocenters. The lowest BCUT2D eigenvalue weighted by atomic mass is 10.1. The monoisotopic (exact) mass is 271 g/mol. The number of hydrogen-bond donors (Lipinski definition) is 2. The standard InChI is InChI=1S/C11H6ClN7/c12-8-1-2-9(11-16-18-19-17-11)10(3-8)15-6-7(4-13)5-14/h1-3,6,15H,(H,16,17,18,19). The Morgan fingerprint density at radius 1 is 1.37 bits per heavy atom. The number of hydrogen-bond acceptors (Lipinski definition) is 6. The Balaban J connectivity index is 2.40. The van der Waals surface area contributed by atoms with Crippen LogP contribution in [0.5, 0.6) is 0 Å². The number of nitrogens with zero attached hydrogens (tertiary/aromatic N) is 5. The first-order valence-corrected chi connectivity index (χ1v) is 5.42. The maximum Gasteiger partial charge on any atom is 0.206 e. The van der Waals surface area contributed by atoms with E-state index >= 15 is 0 Å². The van der Waals surface area contributed by atoms with E-state index in [1.165, 1.54) is 6.20 Å². The second-order valence-electron chi connectivity index (χ2n) is 3.35. The van der Waals surface area contributed by atoms with Crippen molar-refractivity contribution in [2.75, 3.05) is 5.32 Å². The normalized spacial score (nSPS) is 9.21. The van der Waals surface area contributed by atoms with E-state index in [4.69, 9.17) is 22.1 Å². The molecule has 0 amide bonds. The lowest BCUT2D eigenvalue weighted by Gasteiger charge is -2.06. The van der Waals surface area contributed by atoms with Gasteiger partial charge in [0.25, 0.3) is 0 Å². The predicted molar refractivity (Wildman–Crippen MR) is 67.6 cm³/mol. The number of nitrogens with one attached hydrogen (secondary N) is 2. The highest BCUT2D eigenvalue weighted by molar-refractivity contribution is 6.31. The minimum Gasteiger partial charge on any atom is -0.359 e. The number of allylic oxidation sites excluding steroid dienone is 1. The van der Waals surface area contributed by atoms with Crippen LogP contribution in [0.3, 0.4) is 0 Å². The summed E-state index contributed by atoms with van der Waals surface area (Å²) in [5.74, 6) is 0.378. The van der Waals surface area contributed by atoms with E-state index in [1.54, 1.807) is 30.3 Å². The number of H-pyrrole nitrogens is 1. The molecule has 1 aromatic carbocycles. The molecule has 0 radical (unpaired) electrons. The molecule has 0 aliphatic rings. The van der Waals surface area contributed by atoms with Gasteiger partial charge in [-0.3, -0.25) is 0 Å². The zero-order valence-electron chi connectivity index (χ0n) is 9.42. The highest BCUT2D eigenvalue weighted by Gasteiger charge is 2.09. The zero-order chi connectivity index (χ0) is 13.7. The summed E-state index contributed by atoms with van der Waals surface area (Å²) in [6.45, 7) is 0. The molecule has 8 heteroatoms. The molecule has 0 spiro atoms. The molecule has 1 aromatic heterocycles. The fraction of sp³-hybridized carbons (Fsp3) is 0. The summed E-state index contributed by atoms with van der Waals surface area (Å²) in [6.07, 6.45) is 1.29. The van der Waals surface area contributed by atoms with Crippen LogP contribution < -0.4 is 5.32 Å². The van der Waals surface area contributed by atoms with Gasteiger partial charge in [-0.15, -0.1) is 10.2 Å². The van der Waals surface area contributed by atoms with E-state index in [-0.39, 0.29) is 5.57 Å². The predicted octanol–water partition coefficient (Wildman–Crippen LogP) is 1.86. The highest BCUT2D eigenvalue weighted by Crippen LogP contribution is 2.27. The maximum atomic E-state index is 8.67. The summed E-state index contributed by atoms with van der Waals surface area (Å²) in [4.78, 5) is 0. The van der Waals surface area contributed by atoms with Crippen molar-refractivity contribution in [3.8, 4) is 23.5 Å². The molecule has 0 bridgehead atoms. The lowest BCUT2D eigenvalue weighted by Crippen LogP contribution is -1.94. The number of aromatic nitrogens is 4.